The Morgan fingerprint density at radius 1 is 1.07 bits per heavy atom. The van der Waals surface area contributed by atoms with Crippen molar-refractivity contribution in [1.82, 2.24) is 9.47 Å². The molecule has 1 aliphatic heterocycles. The number of carbonyl (C=O) groups is 1. The number of hydrogen-bond donors (Lipinski definition) is 1. The molecule has 0 aliphatic carbocycles. The zero-order valence-corrected chi connectivity index (χ0v) is 16.7. The zero-order valence-electron chi connectivity index (χ0n) is 16.7. The van der Waals surface area contributed by atoms with Crippen LogP contribution in [0.2, 0.25) is 0 Å². The van der Waals surface area contributed by atoms with Gasteiger partial charge in [0.25, 0.3) is 0 Å². The quantitative estimate of drug-likeness (QED) is 0.620. The maximum absolute atomic E-state index is 13.3. The molecule has 2 heterocycles. The first kappa shape index (κ1) is 18.4. The van der Waals surface area contributed by atoms with Crippen LogP contribution in [0.4, 0.5) is 10.5 Å². The number of aryl methyl sites for hydroxylation is 1. The van der Waals surface area contributed by atoms with E-state index in [1.807, 2.05) is 23.1 Å². The Balaban J connectivity index is 1.71. The van der Waals surface area contributed by atoms with Crippen LogP contribution < -0.4 is 5.32 Å². The summed E-state index contributed by atoms with van der Waals surface area (Å²) >= 11 is 0. The van der Waals surface area contributed by atoms with Crippen molar-refractivity contribution in [2.24, 2.45) is 5.92 Å². The Labute approximate surface area is 166 Å². The van der Waals surface area contributed by atoms with E-state index in [1.165, 1.54) is 5.56 Å². The van der Waals surface area contributed by atoms with Crippen molar-refractivity contribution in [1.29, 1.82) is 0 Å². The van der Waals surface area contributed by atoms with Gasteiger partial charge in [0.05, 0.1) is 18.3 Å². The molecule has 144 valence electrons. The van der Waals surface area contributed by atoms with Crippen LogP contribution in [0.1, 0.15) is 43.6 Å². The van der Waals surface area contributed by atoms with Gasteiger partial charge in [-0.05, 0) is 53.8 Å². The van der Waals surface area contributed by atoms with Gasteiger partial charge >= 0.3 is 6.03 Å². The van der Waals surface area contributed by atoms with Gasteiger partial charge in [0.1, 0.15) is 0 Å². The van der Waals surface area contributed by atoms with Gasteiger partial charge in [0.2, 0.25) is 0 Å². The van der Waals surface area contributed by atoms with Gasteiger partial charge in [0.15, 0.2) is 0 Å². The van der Waals surface area contributed by atoms with E-state index in [9.17, 15) is 4.79 Å². The van der Waals surface area contributed by atoms with Gasteiger partial charge in [-0.1, -0.05) is 51.1 Å². The van der Waals surface area contributed by atoms with Crippen molar-refractivity contribution in [3.8, 4) is 5.69 Å². The minimum atomic E-state index is -0.0626. The highest BCUT2D eigenvalue weighted by Crippen LogP contribution is 2.36. The first-order valence-corrected chi connectivity index (χ1v) is 10.0. The third-order valence-corrected chi connectivity index (χ3v) is 5.52. The number of nitrogens with zero attached hydrogens (tertiary/aromatic N) is 2. The zero-order chi connectivity index (χ0) is 19.7. The maximum Gasteiger partial charge on any atom is 0.322 e. The SMILES string of the molecule is CCc1ccc(NC(=O)N2Cc3ccccc3-n3cccc3[C@@H]2C(C)C)cc1. The molecule has 0 bridgehead atoms. The number of urea groups is 1. The highest BCUT2D eigenvalue weighted by molar-refractivity contribution is 5.89. The largest absolute Gasteiger partial charge is 0.322 e. The molecule has 2 aromatic carbocycles. The summed E-state index contributed by atoms with van der Waals surface area (Å²) in [7, 11) is 0. The summed E-state index contributed by atoms with van der Waals surface area (Å²) in [5, 5.41) is 3.11. The second-order valence-electron chi connectivity index (χ2n) is 7.73. The Morgan fingerprint density at radius 3 is 2.54 bits per heavy atom. The smallest absolute Gasteiger partial charge is 0.318 e. The third-order valence-electron chi connectivity index (χ3n) is 5.52. The minimum Gasteiger partial charge on any atom is -0.318 e. The molecule has 1 N–H and O–H groups in total. The number of carbonyl (C=O) groups excluding carboxylic acids is 1. The van der Waals surface area contributed by atoms with Crippen LogP contribution in [0.5, 0.6) is 0 Å². The Kier molecular flexibility index (Phi) is 4.95. The molecule has 0 fully saturated rings. The van der Waals surface area contributed by atoms with Crippen LogP contribution >= 0.6 is 0 Å². The fraction of sp³-hybridized carbons (Fsp3) is 0.292. The van der Waals surface area contributed by atoms with E-state index in [1.54, 1.807) is 0 Å². The molecule has 1 aromatic heterocycles. The molecule has 3 aromatic rings. The fourth-order valence-corrected chi connectivity index (χ4v) is 4.09. The monoisotopic (exact) mass is 373 g/mol. The van der Waals surface area contributed by atoms with Crippen molar-refractivity contribution in [3.63, 3.8) is 0 Å². The van der Waals surface area contributed by atoms with Gasteiger partial charge in [0, 0.05) is 17.6 Å². The summed E-state index contributed by atoms with van der Waals surface area (Å²) in [5.74, 6) is 0.288. The average Bonchev–Trinajstić information content (AvgIpc) is 3.12. The topological polar surface area (TPSA) is 37.3 Å². The number of amides is 2. The average molecular weight is 374 g/mol. The number of fused-ring (bicyclic) bond motifs is 3. The molecule has 0 saturated carbocycles. The molecular formula is C24H27N3O. The molecular weight excluding hydrogens is 346 g/mol. The van der Waals surface area contributed by atoms with Crippen molar-refractivity contribution in [2.45, 2.75) is 39.8 Å². The van der Waals surface area contributed by atoms with Gasteiger partial charge in [-0.25, -0.2) is 4.79 Å². The number of anilines is 1. The Bertz CT molecular complexity index is 972. The number of rotatable bonds is 3. The van der Waals surface area contributed by atoms with Crippen molar-refractivity contribution >= 4 is 11.7 Å². The van der Waals surface area contributed by atoms with E-state index >= 15 is 0 Å². The standard InChI is InChI=1S/C24H27N3O/c1-4-18-11-13-20(14-12-18)25-24(28)27-16-19-8-5-6-9-21(19)26-15-7-10-22(26)23(27)17(2)3/h5-15,17,23H,4,16H2,1-3H3,(H,25,28)/t23-/m0/s1. The summed E-state index contributed by atoms with van der Waals surface area (Å²) in [5.41, 5.74) is 5.55. The molecule has 4 nitrogen and oxygen atoms in total. The van der Waals surface area contributed by atoms with E-state index in [4.69, 9.17) is 0 Å². The summed E-state index contributed by atoms with van der Waals surface area (Å²) in [4.78, 5) is 15.3. The number of para-hydroxylation sites is 1. The maximum atomic E-state index is 13.3. The normalized spacial score (nSPS) is 15.7. The lowest BCUT2D eigenvalue weighted by Crippen LogP contribution is -2.39. The van der Waals surface area contributed by atoms with Crippen LogP contribution in [0.25, 0.3) is 5.69 Å². The number of hydrogen-bond acceptors (Lipinski definition) is 1. The Hall–Kier alpha value is -3.01. The number of nitrogens with one attached hydrogen (secondary N) is 1. The lowest BCUT2D eigenvalue weighted by atomic mass is 9.99. The van der Waals surface area contributed by atoms with Gasteiger partial charge < -0.3 is 14.8 Å². The predicted molar refractivity (Wildman–Crippen MR) is 114 cm³/mol. The molecule has 4 heteroatoms. The van der Waals surface area contributed by atoms with Crippen LogP contribution in [-0.2, 0) is 13.0 Å². The van der Waals surface area contributed by atoms with Crippen LogP contribution in [0, 0.1) is 5.92 Å². The molecule has 0 unspecified atom stereocenters. The van der Waals surface area contributed by atoms with Gasteiger partial charge in [-0.15, -0.1) is 0 Å². The highest BCUT2D eigenvalue weighted by Gasteiger charge is 2.33. The lowest BCUT2D eigenvalue weighted by molar-refractivity contribution is 0.162. The van der Waals surface area contributed by atoms with Crippen LogP contribution in [0.3, 0.4) is 0 Å². The molecule has 1 atom stereocenters. The minimum absolute atomic E-state index is 0.00249. The molecule has 0 radical (unpaired) electrons. The molecule has 0 saturated heterocycles. The first-order valence-electron chi connectivity index (χ1n) is 10.0. The van der Waals surface area contributed by atoms with E-state index in [0.29, 0.717) is 6.54 Å². The summed E-state index contributed by atoms with van der Waals surface area (Å²) in [6, 6.07) is 20.6. The van der Waals surface area contributed by atoms with E-state index in [0.717, 1.165) is 29.1 Å². The fourth-order valence-electron chi connectivity index (χ4n) is 4.09. The van der Waals surface area contributed by atoms with Gasteiger partial charge in [-0.3, -0.25) is 0 Å². The predicted octanol–water partition coefficient (Wildman–Crippen LogP) is 5.78. The summed E-state index contributed by atoms with van der Waals surface area (Å²) in [6.07, 6.45) is 3.08. The van der Waals surface area contributed by atoms with Crippen LogP contribution in [-0.4, -0.2) is 15.5 Å². The van der Waals surface area contributed by atoms with E-state index in [-0.39, 0.29) is 18.0 Å². The second-order valence-corrected chi connectivity index (χ2v) is 7.73. The summed E-state index contributed by atoms with van der Waals surface area (Å²) < 4.78 is 2.23. The highest BCUT2D eigenvalue weighted by atomic mass is 16.2. The molecule has 0 spiro atoms. The molecule has 4 rings (SSSR count). The van der Waals surface area contributed by atoms with Crippen molar-refractivity contribution < 1.29 is 4.79 Å². The van der Waals surface area contributed by atoms with E-state index in [2.05, 4.69) is 79.3 Å². The second kappa shape index (κ2) is 7.55. The molecule has 1 aliphatic rings. The van der Waals surface area contributed by atoms with Gasteiger partial charge in [-0.2, -0.15) is 0 Å². The van der Waals surface area contributed by atoms with E-state index < -0.39 is 0 Å². The van der Waals surface area contributed by atoms with Crippen LogP contribution in [0.15, 0.2) is 66.9 Å². The third kappa shape index (κ3) is 3.31. The Morgan fingerprint density at radius 2 is 1.82 bits per heavy atom. The number of aromatic nitrogens is 1. The lowest BCUT2D eigenvalue weighted by Gasteiger charge is -2.33. The number of benzene rings is 2. The molecule has 2 amide bonds. The summed E-state index contributed by atoms with van der Waals surface area (Å²) in [6.45, 7) is 7.06. The van der Waals surface area contributed by atoms with Crippen molar-refractivity contribution in [2.75, 3.05) is 5.32 Å². The van der Waals surface area contributed by atoms with Crippen molar-refractivity contribution in [3.05, 3.63) is 83.7 Å². The first-order chi connectivity index (χ1) is 13.6. The molecule has 28 heavy (non-hydrogen) atoms.